The van der Waals surface area contributed by atoms with Crippen LogP contribution in [-0.2, 0) is 11.2 Å². The Labute approximate surface area is 135 Å². The van der Waals surface area contributed by atoms with E-state index < -0.39 is 6.10 Å². The number of carbonyl (C=O) groups is 1. The summed E-state index contributed by atoms with van der Waals surface area (Å²) in [6.07, 6.45) is 5.16. The Morgan fingerprint density at radius 2 is 1.95 bits per heavy atom. The molecular weight excluding hydrogens is 274 g/mol. The fourth-order valence-electron chi connectivity index (χ4n) is 2.49. The minimum absolute atomic E-state index is 0.0270. The molecule has 1 amide bonds. The molecule has 1 aromatic rings. The van der Waals surface area contributed by atoms with E-state index in [0.717, 1.165) is 30.7 Å². The zero-order chi connectivity index (χ0) is 16.4. The zero-order valence-electron chi connectivity index (χ0n) is 14.5. The third-order valence-corrected chi connectivity index (χ3v) is 4.13. The lowest BCUT2D eigenvalue weighted by Crippen LogP contribution is -2.39. The number of nitrogens with one attached hydrogen (secondary N) is 1. The minimum Gasteiger partial charge on any atom is -0.481 e. The number of carbonyl (C=O) groups excluding carboxylic acids is 1. The van der Waals surface area contributed by atoms with E-state index in [4.69, 9.17) is 4.74 Å². The molecule has 0 heterocycles. The van der Waals surface area contributed by atoms with Crippen molar-refractivity contribution in [2.45, 2.75) is 65.9 Å². The second-order valence-corrected chi connectivity index (χ2v) is 5.88. The summed E-state index contributed by atoms with van der Waals surface area (Å²) in [5, 5.41) is 3.04. The predicted molar refractivity (Wildman–Crippen MR) is 92.2 cm³/mol. The monoisotopic (exact) mass is 305 g/mol. The zero-order valence-corrected chi connectivity index (χ0v) is 14.5. The van der Waals surface area contributed by atoms with Gasteiger partial charge in [0, 0.05) is 6.54 Å². The molecule has 0 fully saturated rings. The summed E-state index contributed by atoms with van der Waals surface area (Å²) in [7, 11) is 0. The number of rotatable bonds is 10. The standard InChI is InChI=1S/C19H31NO2/c1-5-8-11-16(6-2)14-20-19(21)15(4)22-18-13-10-9-12-17(18)7-3/h9-10,12-13,15-16H,5-8,11,14H2,1-4H3,(H,20,21)/t15-,16-/m1/s1. The number of unbranched alkanes of at least 4 members (excludes halogenated alkanes) is 1. The fraction of sp³-hybridized carbons (Fsp3) is 0.632. The first-order valence-electron chi connectivity index (χ1n) is 8.64. The molecule has 1 aromatic carbocycles. The van der Waals surface area contributed by atoms with Crippen molar-refractivity contribution in [3.63, 3.8) is 0 Å². The molecule has 0 aliphatic carbocycles. The second kappa shape index (κ2) is 10.3. The molecule has 3 nitrogen and oxygen atoms in total. The molecule has 0 aromatic heterocycles. The van der Waals surface area contributed by atoms with E-state index in [0.29, 0.717) is 5.92 Å². The molecule has 0 unspecified atom stereocenters. The Kier molecular flexibility index (Phi) is 8.64. The normalized spacial score (nSPS) is 13.5. The Morgan fingerprint density at radius 3 is 2.59 bits per heavy atom. The number of para-hydroxylation sites is 1. The first-order valence-corrected chi connectivity index (χ1v) is 8.64. The lowest BCUT2D eigenvalue weighted by atomic mass is 9.99. The highest BCUT2D eigenvalue weighted by Crippen LogP contribution is 2.19. The minimum atomic E-state index is -0.462. The van der Waals surface area contributed by atoms with Crippen LogP contribution in [0.3, 0.4) is 0 Å². The van der Waals surface area contributed by atoms with Crippen molar-refractivity contribution in [3.8, 4) is 5.75 Å². The number of hydrogen-bond acceptors (Lipinski definition) is 2. The molecular formula is C19H31NO2. The highest BCUT2D eigenvalue weighted by molar-refractivity contribution is 5.80. The number of hydrogen-bond donors (Lipinski definition) is 1. The van der Waals surface area contributed by atoms with E-state index in [9.17, 15) is 4.79 Å². The van der Waals surface area contributed by atoms with Crippen molar-refractivity contribution in [3.05, 3.63) is 29.8 Å². The van der Waals surface area contributed by atoms with Crippen LogP contribution in [0.2, 0.25) is 0 Å². The van der Waals surface area contributed by atoms with Crippen molar-refractivity contribution >= 4 is 5.91 Å². The van der Waals surface area contributed by atoms with Gasteiger partial charge in [-0.25, -0.2) is 0 Å². The maximum absolute atomic E-state index is 12.2. The summed E-state index contributed by atoms with van der Waals surface area (Å²) in [6.45, 7) is 9.04. The first kappa shape index (κ1) is 18.5. The van der Waals surface area contributed by atoms with E-state index in [1.165, 1.54) is 19.3 Å². The molecule has 0 saturated carbocycles. The first-order chi connectivity index (χ1) is 10.6. The van der Waals surface area contributed by atoms with Gasteiger partial charge in [0.15, 0.2) is 6.10 Å². The van der Waals surface area contributed by atoms with Gasteiger partial charge in [-0.05, 0) is 37.3 Å². The molecule has 0 aliphatic rings. The molecule has 22 heavy (non-hydrogen) atoms. The molecule has 0 bridgehead atoms. The topological polar surface area (TPSA) is 38.3 Å². The molecule has 0 saturated heterocycles. The average molecular weight is 305 g/mol. The van der Waals surface area contributed by atoms with Gasteiger partial charge in [-0.15, -0.1) is 0 Å². The molecule has 0 radical (unpaired) electrons. The maximum atomic E-state index is 12.2. The van der Waals surface area contributed by atoms with Crippen molar-refractivity contribution in [2.24, 2.45) is 5.92 Å². The Balaban J connectivity index is 2.47. The van der Waals surface area contributed by atoms with E-state index in [-0.39, 0.29) is 5.91 Å². The van der Waals surface area contributed by atoms with Crippen molar-refractivity contribution in [1.82, 2.24) is 5.32 Å². The Morgan fingerprint density at radius 1 is 1.23 bits per heavy atom. The van der Waals surface area contributed by atoms with Crippen LogP contribution in [0.4, 0.5) is 0 Å². The van der Waals surface area contributed by atoms with Crippen molar-refractivity contribution in [2.75, 3.05) is 6.54 Å². The smallest absolute Gasteiger partial charge is 0.260 e. The molecule has 0 spiro atoms. The maximum Gasteiger partial charge on any atom is 0.260 e. The van der Waals surface area contributed by atoms with Gasteiger partial charge in [0.05, 0.1) is 0 Å². The van der Waals surface area contributed by atoms with Crippen LogP contribution in [0, 0.1) is 5.92 Å². The molecule has 1 rings (SSSR count). The largest absolute Gasteiger partial charge is 0.481 e. The summed E-state index contributed by atoms with van der Waals surface area (Å²) >= 11 is 0. The number of benzene rings is 1. The van der Waals surface area contributed by atoms with E-state index >= 15 is 0 Å². The summed E-state index contributed by atoms with van der Waals surface area (Å²) < 4.78 is 5.83. The van der Waals surface area contributed by atoms with Crippen LogP contribution in [0.5, 0.6) is 5.75 Å². The second-order valence-electron chi connectivity index (χ2n) is 5.88. The SMILES string of the molecule is CCCC[C@@H](CC)CNC(=O)[C@@H](C)Oc1ccccc1CC. The van der Waals surface area contributed by atoms with Crippen LogP contribution in [0.25, 0.3) is 0 Å². The molecule has 1 N–H and O–H groups in total. The third kappa shape index (κ3) is 6.08. The summed E-state index contributed by atoms with van der Waals surface area (Å²) in [5.74, 6) is 1.35. The van der Waals surface area contributed by atoms with Gasteiger partial charge in [-0.3, -0.25) is 4.79 Å². The number of ether oxygens (including phenoxy) is 1. The number of amides is 1. The molecule has 124 valence electrons. The van der Waals surface area contributed by atoms with Crippen LogP contribution in [-0.4, -0.2) is 18.6 Å². The lowest BCUT2D eigenvalue weighted by molar-refractivity contribution is -0.127. The summed E-state index contributed by atoms with van der Waals surface area (Å²) in [5.41, 5.74) is 1.14. The average Bonchev–Trinajstić information content (AvgIpc) is 2.55. The van der Waals surface area contributed by atoms with Gasteiger partial charge in [0.2, 0.25) is 0 Å². The van der Waals surface area contributed by atoms with E-state index in [1.807, 2.05) is 31.2 Å². The van der Waals surface area contributed by atoms with Crippen molar-refractivity contribution in [1.29, 1.82) is 0 Å². The third-order valence-electron chi connectivity index (χ3n) is 4.13. The Hall–Kier alpha value is -1.51. The van der Waals surface area contributed by atoms with Crippen LogP contribution < -0.4 is 10.1 Å². The predicted octanol–water partition coefficient (Wildman–Crippen LogP) is 4.35. The molecule has 3 heteroatoms. The van der Waals surface area contributed by atoms with Gasteiger partial charge in [-0.2, -0.15) is 0 Å². The van der Waals surface area contributed by atoms with Gasteiger partial charge in [0.25, 0.3) is 5.91 Å². The summed E-state index contributed by atoms with van der Waals surface area (Å²) in [4.78, 5) is 12.2. The van der Waals surface area contributed by atoms with E-state index in [2.05, 4.69) is 26.1 Å². The fourth-order valence-corrected chi connectivity index (χ4v) is 2.49. The Bertz CT molecular complexity index is 445. The van der Waals surface area contributed by atoms with Crippen LogP contribution in [0.15, 0.2) is 24.3 Å². The van der Waals surface area contributed by atoms with Gasteiger partial charge >= 0.3 is 0 Å². The van der Waals surface area contributed by atoms with Gasteiger partial charge in [0.1, 0.15) is 5.75 Å². The number of aryl methyl sites for hydroxylation is 1. The van der Waals surface area contributed by atoms with Gasteiger partial charge < -0.3 is 10.1 Å². The highest BCUT2D eigenvalue weighted by Gasteiger charge is 2.17. The van der Waals surface area contributed by atoms with Crippen LogP contribution >= 0.6 is 0 Å². The van der Waals surface area contributed by atoms with Crippen molar-refractivity contribution < 1.29 is 9.53 Å². The molecule has 2 atom stereocenters. The van der Waals surface area contributed by atoms with E-state index in [1.54, 1.807) is 0 Å². The summed E-state index contributed by atoms with van der Waals surface area (Å²) in [6, 6.07) is 7.91. The van der Waals surface area contributed by atoms with Gasteiger partial charge in [-0.1, -0.05) is 58.2 Å². The van der Waals surface area contributed by atoms with Crippen LogP contribution in [0.1, 0.15) is 58.9 Å². The lowest BCUT2D eigenvalue weighted by Gasteiger charge is -2.19. The quantitative estimate of drug-likeness (QED) is 0.698. The molecule has 0 aliphatic heterocycles. The highest BCUT2D eigenvalue weighted by atomic mass is 16.5.